The fourth-order valence-corrected chi connectivity index (χ4v) is 5.41. The molecule has 38 heavy (non-hydrogen) atoms. The van der Waals surface area contributed by atoms with E-state index in [9.17, 15) is 4.79 Å². The Bertz CT molecular complexity index is 1520. The van der Waals surface area contributed by atoms with Crippen molar-refractivity contribution in [3.63, 3.8) is 0 Å². The Morgan fingerprint density at radius 2 is 1.47 bits per heavy atom. The molecule has 0 saturated heterocycles. The molecule has 6 rings (SSSR count). The van der Waals surface area contributed by atoms with Crippen molar-refractivity contribution < 1.29 is 14.3 Å². The molecule has 2 heterocycles. The molecule has 0 spiro atoms. The fourth-order valence-electron chi connectivity index (χ4n) is 5.41. The van der Waals surface area contributed by atoms with Crippen LogP contribution >= 0.6 is 0 Å². The first-order valence-electron chi connectivity index (χ1n) is 13.1. The fraction of sp³-hybridized carbons (Fsp3) is 0.182. The molecule has 5 nitrogen and oxygen atoms in total. The molecular formula is C33H30N2O3. The summed E-state index contributed by atoms with van der Waals surface area (Å²) in [7, 11) is 0. The highest BCUT2D eigenvalue weighted by atomic mass is 16.7. The number of nitrogens with one attached hydrogen (secondary N) is 1. The summed E-state index contributed by atoms with van der Waals surface area (Å²) in [5, 5.41) is 4.50. The summed E-state index contributed by atoms with van der Waals surface area (Å²) in [5.74, 6) is 1.29. The number of nitrogens with zero attached hydrogens (tertiary/aromatic N) is 1. The molecule has 0 fully saturated rings. The van der Waals surface area contributed by atoms with E-state index in [2.05, 4.69) is 77.6 Å². The lowest BCUT2D eigenvalue weighted by Gasteiger charge is -2.23. The van der Waals surface area contributed by atoms with Gasteiger partial charge in [-0.2, -0.15) is 0 Å². The average Bonchev–Trinajstić information content (AvgIpc) is 3.60. The monoisotopic (exact) mass is 502 g/mol. The minimum absolute atomic E-state index is 0.0151. The molecule has 1 aliphatic heterocycles. The molecule has 1 amide bonds. The summed E-state index contributed by atoms with van der Waals surface area (Å²) in [6, 6.07) is 34.4. The van der Waals surface area contributed by atoms with E-state index in [0.29, 0.717) is 6.42 Å². The molecule has 0 aliphatic carbocycles. The second-order valence-electron chi connectivity index (χ2n) is 9.58. The van der Waals surface area contributed by atoms with Gasteiger partial charge in [-0.05, 0) is 47.4 Å². The average molecular weight is 503 g/mol. The van der Waals surface area contributed by atoms with Gasteiger partial charge in [0.25, 0.3) is 0 Å². The van der Waals surface area contributed by atoms with Crippen molar-refractivity contribution in [1.82, 2.24) is 9.88 Å². The van der Waals surface area contributed by atoms with Gasteiger partial charge in [0.1, 0.15) is 0 Å². The predicted molar refractivity (Wildman–Crippen MR) is 150 cm³/mol. The van der Waals surface area contributed by atoms with Gasteiger partial charge in [-0.1, -0.05) is 84.9 Å². The molecule has 1 aliphatic rings. The lowest BCUT2D eigenvalue weighted by molar-refractivity contribution is -0.121. The Morgan fingerprint density at radius 3 is 2.18 bits per heavy atom. The number of aryl methyl sites for hydroxylation is 1. The number of fused-ring (bicyclic) bond motifs is 2. The quantitative estimate of drug-likeness (QED) is 0.253. The van der Waals surface area contributed by atoms with Gasteiger partial charge in [0.05, 0.1) is 6.04 Å². The third-order valence-corrected chi connectivity index (χ3v) is 7.30. The van der Waals surface area contributed by atoms with E-state index in [0.717, 1.165) is 45.7 Å². The predicted octanol–water partition coefficient (Wildman–Crippen LogP) is 6.82. The maximum atomic E-state index is 13.8. The second-order valence-corrected chi connectivity index (χ2v) is 9.58. The molecule has 1 atom stereocenters. The van der Waals surface area contributed by atoms with E-state index in [-0.39, 0.29) is 24.7 Å². The van der Waals surface area contributed by atoms with Crippen molar-refractivity contribution >= 4 is 16.8 Å². The Balaban J connectivity index is 1.38. The molecule has 0 saturated carbocycles. The second kappa shape index (κ2) is 10.5. The first-order chi connectivity index (χ1) is 18.7. The van der Waals surface area contributed by atoms with Crippen LogP contribution in [-0.2, 0) is 11.3 Å². The van der Waals surface area contributed by atoms with Crippen LogP contribution < -0.4 is 14.8 Å². The maximum Gasteiger partial charge on any atom is 0.231 e. The number of aromatic nitrogens is 1. The van der Waals surface area contributed by atoms with E-state index >= 15 is 0 Å². The van der Waals surface area contributed by atoms with E-state index < -0.39 is 0 Å². The van der Waals surface area contributed by atoms with E-state index in [1.165, 1.54) is 5.52 Å². The molecular weight excluding hydrogens is 472 g/mol. The van der Waals surface area contributed by atoms with Gasteiger partial charge in [-0.25, -0.2) is 0 Å². The zero-order valence-electron chi connectivity index (χ0n) is 21.3. The Morgan fingerprint density at radius 1 is 0.816 bits per heavy atom. The van der Waals surface area contributed by atoms with Crippen LogP contribution in [0.25, 0.3) is 10.9 Å². The number of hydrogen-bond donors (Lipinski definition) is 1. The molecule has 0 radical (unpaired) electrons. The summed E-state index contributed by atoms with van der Waals surface area (Å²) in [5.41, 5.74) is 5.43. The number of para-hydroxylation sites is 1. The third-order valence-electron chi connectivity index (χ3n) is 7.30. The van der Waals surface area contributed by atoms with Crippen LogP contribution in [0.5, 0.6) is 11.5 Å². The van der Waals surface area contributed by atoms with Crippen molar-refractivity contribution in [3.05, 3.63) is 132 Å². The van der Waals surface area contributed by atoms with Crippen molar-refractivity contribution in [2.45, 2.75) is 31.8 Å². The highest BCUT2D eigenvalue weighted by molar-refractivity contribution is 5.87. The molecule has 5 aromatic rings. The molecule has 1 aromatic heterocycles. The van der Waals surface area contributed by atoms with Gasteiger partial charge < -0.3 is 19.4 Å². The number of rotatable bonds is 8. The highest BCUT2D eigenvalue weighted by Gasteiger charge is 2.26. The van der Waals surface area contributed by atoms with Crippen molar-refractivity contribution in [1.29, 1.82) is 0 Å². The lowest BCUT2D eigenvalue weighted by atomic mass is 9.87. The summed E-state index contributed by atoms with van der Waals surface area (Å²) in [6.45, 7) is 3.21. The zero-order chi connectivity index (χ0) is 25.9. The van der Waals surface area contributed by atoms with Crippen molar-refractivity contribution in [2.24, 2.45) is 0 Å². The topological polar surface area (TPSA) is 52.5 Å². The Labute approximate surface area is 222 Å². The van der Waals surface area contributed by atoms with E-state index in [1.807, 2.05) is 48.5 Å². The summed E-state index contributed by atoms with van der Waals surface area (Å²) in [4.78, 5) is 13.8. The van der Waals surface area contributed by atoms with Crippen molar-refractivity contribution in [3.8, 4) is 11.5 Å². The largest absolute Gasteiger partial charge is 0.454 e. The molecule has 4 aromatic carbocycles. The third kappa shape index (κ3) is 4.63. The molecule has 0 unspecified atom stereocenters. The van der Waals surface area contributed by atoms with Gasteiger partial charge in [0.15, 0.2) is 11.5 Å². The van der Waals surface area contributed by atoms with Crippen LogP contribution in [0, 0.1) is 0 Å². The molecule has 5 heteroatoms. The number of ether oxygens (including phenoxy) is 2. The minimum atomic E-state index is -0.237. The van der Waals surface area contributed by atoms with Crippen LogP contribution in [0.15, 0.2) is 109 Å². The molecule has 0 bridgehead atoms. The standard InChI is InChI=1S/C33H30N2O3/c1-2-35-21-28(26-15-9-10-16-29(26)35)27(25-17-18-30-31(19-25)38-22-37-30)20-32(36)34-33(23-11-5-3-6-12-23)24-13-7-4-8-14-24/h3-19,21,27,33H,2,20,22H2,1H3,(H,34,36)/t27-/m0/s1. The van der Waals surface area contributed by atoms with Gasteiger partial charge in [-0.3, -0.25) is 4.79 Å². The number of carbonyl (C=O) groups excluding carboxylic acids is 1. The minimum Gasteiger partial charge on any atom is -0.454 e. The van der Waals surface area contributed by atoms with E-state index in [1.54, 1.807) is 0 Å². The SMILES string of the molecule is CCn1cc([C@@H](CC(=O)NC(c2ccccc2)c2ccccc2)c2ccc3c(c2)OCO3)c2ccccc21. The van der Waals surface area contributed by atoms with Gasteiger partial charge in [0.2, 0.25) is 12.7 Å². The molecule has 1 N–H and O–H groups in total. The van der Waals surface area contributed by atoms with Crippen molar-refractivity contribution in [2.75, 3.05) is 6.79 Å². The highest BCUT2D eigenvalue weighted by Crippen LogP contribution is 2.40. The van der Waals surface area contributed by atoms with Crippen LogP contribution in [0.1, 0.15) is 47.6 Å². The van der Waals surface area contributed by atoms with Crippen LogP contribution in [-0.4, -0.2) is 17.3 Å². The Kier molecular flexibility index (Phi) is 6.57. The normalized spacial score (nSPS) is 13.1. The number of amides is 1. The Hall–Kier alpha value is -4.51. The number of carbonyl (C=O) groups is 1. The molecule has 190 valence electrons. The van der Waals surface area contributed by atoms with Gasteiger partial charge in [0, 0.05) is 36.0 Å². The summed E-state index contributed by atoms with van der Waals surface area (Å²) < 4.78 is 13.5. The zero-order valence-corrected chi connectivity index (χ0v) is 21.3. The van der Waals surface area contributed by atoms with E-state index in [4.69, 9.17) is 9.47 Å². The summed E-state index contributed by atoms with van der Waals surface area (Å²) >= 11 is 0. The number of benzene rings is 4. The van der Waals surface area contributed by atoms with Gasteiger partial charge in [-0.15, -0.1) is 0 Å². The first-order valence-corrected chi connectivity index (χ1v) is 13.1. The first kappa shape index (κ1) is 23.9. The van der Waals surface area contributed by atoms with Crippen LogP contribution in [0.3, 0.4) is 0 Å². The smallest absolute Gasteiger partial charge is 0.231 e. The van der Waals surface area contributed by atoms with Crippen LogP contribution in [0.4, 0.5) is 0 Å². The number of hydrogen-bond acceptors (Lipinski definition) is 3. The summed E-state index contributed by atoms with van der Waals surface area (Å²) in [6.07, 6.45) is 2.49. The van der Waals surface area contributed by atoms with Gasteiger partial charge >= 0.3 is 0 Å². The lowest BCUT2D eigenvalue weighted by Crippen LogP contribution is -2.30. The maximum absolute atomic E-state index is 13.8. The van der Waals surface area contributed by atoms with Crippen LogP contribution in [0.2, 0.25) is 0 Å².